The summed E-state index contributed by atoms with van der Waals surface area (Å²) in [6.45, 7) is 5.43. The zero-order valence-corrected chi connectivity index (χ0v) is 23.3. The normalized spacial score (nSPS) is 12.1. The van der Waals surface area contributed by atoms with Gasteiger partial charge in [0.05, 0.1) is 6.10 Å². The largest absolute Gasteiger partial charge is 0.444 e. The Morgan fingerprint density at radius 3 is 2.08 bits per heavy atom. The summed E-state index contributed by atoms with van der Waals surface area (Å²) in [5.41, 5.74) is 4.37. The number of nitrogens with zero attached hydrogens (tertiary/aromatic N) is 2. The Kier molecular flexibility index (Phi) is 11.2. The third-order valence-corrected chi connectivity index (χ3v) is 5.82. The second-order valence-corrected chi connectivity index (χ2v) is 10.6. The molecule has 0 bridgehead atoms. The van der Waals surface area contributed by atoms with E-state index in [2.05, 4.69) is 5.43 Å². The molecule has 0 aliphatic carbocycles. The lowest BCUT2D eigenvalue weighted by Crippen LogP contribution is -2.58. The van der Waals surface area contributed by atoms with E-state index in [1.54, 1.807) is 32.9 Å². The number of carbonyl (C=O) groups excluding carboxylic acids is 2. The third-order valence-electron chi connectivity index (χ3n) is 5.57. The van der Waals surface area contributed by atoms with E-state index >= 15 is 0 Å². The summed E-state index contributed by atoms with van der Waals surface area (Å²) in [5, 5.41) is 14.0. The fraction of sp³-hybridized carbons (Fsp3) is 0.333. The number of ether oxygens (including phenoxy) is 2. The first-order chi connectivity index (χ1) is 18.6. The van der Waals surface area contributed by atoms with E-state index < -0.39 is 23.9 Å². The van der Waals surface area contributed by atoms with Crippen molar-refractivity contribution in [3.05, 3.63) is 107 Å². The second-order valence-electron chi connectivity index (χ2n) is 10.1. The highest BCUT2D eigenvalue weighted by atomic mass is 35.5. The smallest absolute Gasteiger partial charge is 0.443 e. The molecule has 0 fully saturated rings. The minimum Gasteiger partial charge on any atom is -0.443 e. The minimum absolute atomic E-state index is 0.0196. The average Bonchev–Trinajstić information content (AvgIpc) is 2.90. The van der Waals surface area contributed by atoms with E-state index in [4.69, 9.17) is 21.1 Å². The number of aryl methyl sites for hydroxylation is 1. The molecule has 9 heteroatoms. The molecule has 3 aromatic carbocycles. The Hall–Kier alpha value is -3.59. The number of benzene rings is 3. The summed E-state index contributed by atoms with van der Waals surface area (Å²) in [6.07, 6.45) is -1.38. The van der Waals surface area contributed by atoms with Crippen LogP contribution in [0.4, 0.5) is 9.59 Å². The van der Waals surface area contributed by atoms with Gasteiger partial charge in [-0.2, -0.15) is 5.01 Å². The number of halogens is 1. The summed E-state index contributed by atoms with van der Waals surface area (Å²) >= 11 is 6.06. The SMILES string of the molecule is CC(C)(C)OC(=O)N(NC(=O)OCc1ccccc1)N(Cc1ccc(Cl)cc1)C[C@@H](O)CCc1ccccc1. The van der Waals surface area contributed by atoms with Gasteiger partial charge in [0, 0.05) is 18.1 Å². The first kappa shape index (κ1) is 30.0. The molecule has 0 saturated carbocycles. The van der Waals surface area contributed by atoms with Crippen molar-refractivity contribution in [2.45, 2.75) is 58.5 Å². The predicted octanol–water partition coefficient (Wildman–Crippen LogP) is 6.13. The van der Waals surface area contributed by atoms with Crippen molar-refractivity contribution < 1.29 is 24.2 Å². The summed E-state index contributed by atoms with van der Waals surface area (Å²) in [7, 11) is 0. The van der Waals surface area contributed by atoms with Gasteiger partial charge >= 0.3 is 12.2 Å². The van der Waals surface area contributed by atoms with Gasteiger partial charge in [-0.15, -0.1) is 5.12 Å². The van der Waals surface area contributed by atoms with Gasteiger partial charge in [0.15, 0.2) is 0 Å². The fourth-order valence-electron chi connectivity index (χ4n) is 3.71. The average molecular weight is 554 g/mol. The highest BCUT2D eigenvalue weighted by Gasteiger charge is 2.31. The lowest BCUT2D eigenvalue weighted by atomic mass is 10.1. The van der Waals surface area contributed by atoms with Gasteiger partial charge in [-0.3, -0.25) is 0 Å². The highest BCUT2D eigenvalue weighted by molar-refractivity contribution is 6.30. The van der Waals surface area contributed by atoms with Crippen molar-refractivity contribution >= 4 is 23.8 Å². The van der Waals surface area contributed by atoms with Gasteiger partial charge in [-0.05, 0) is 62.4 Å². The molecular weight excluding hydrogens is 518 g/mol. The standard InChI is InChI=1S/C30H36ClN3O5/c1-30(2,3)39-29(37)34(32-28(36)38-22-25-12-8-5-9-13-25)33(20-24-14-17-26(31)18-15-24)21-27(35)19-16-23-10-6-4-7-11-23/h4-15,17-18,27,35H,16,19-22H2,1-3H3,(H,32,36)/t27-/m0/s1. The van der Waals surface area contributed by atoms with E-state index in [-0.39, 0.29) is 19.7 Å². The zero-order valence-electron chi connectivity index (χ0n) is 22.5. The zero-order chi connectivity index (χ0) is 28.3. The molecule has 0 saturated heterocycles. The van der Waals surface area contributed by atoms with Crippen LogP contribution in [-0.2, 0) is 29.0 Å². The number of carbonyl (C=O) groups is 2. The van der Waals surface area contributed by atoms with E-state index in [0.717, 1.165) is 21.8 Å². The fourth-order valence-corrected chi connectivity index (χ4v) is 3.83. The molecular formula is C30H36ClN3O5. The maximum Gasteiger partial charge on any atom is 0.444 e. The van der Waals surface area contributed by atoms with Crippen LogP contribution in [0.25, 0.3) is 0 Å². The Labute approximate surface area is 235 Å². The molecule has 0 radical (unpaired) electrons. The van der Waals surface area contributed by atoms with Gasteiger partial charge in [0.2, 0.25) is 0 Å². The van der Waals surface area contributed by atoms with E-state index in [1.165, 1.54) is 5.01 Å². The molecule has 0 aliphatic rings. The Balaban J connectivity index is 1.80. The monoisotopic (exact) mass is 553 g/mol. The minimum atomic E-state index is -0.843. The third kappa shape index (κ3) is 11.0. The molecule has 0 heterocycles. The first-order valence-electron chi connectivity index (χ1n) is 12.8. The quantitative estimate of drug-likeness (QED) is 0.293. The van der Waals surface area contributed by atoms with E-state index in [1.807, 2.05) is 72.8 Å². The molecule has 3 rings (SSSR count). The molecule has 0 unspecified atom stereocenters. The van der Waals surface area contributed by atoms with Crippen molar-refractivity contribution in [2.75, 3.05) is 6.54 Å². The number of hydrogen-bond acceptors (Lipinski definition) is 6. The van der Waals surface area contributed by atoms with Gasteiger partial charge in [-0.1, -0.05) is 84.4 Å². The summed E-state index contributed by atoms with van der Waals surface area (Å²) in [5.74, 6) is 0. The molecule has 3 aromatic rings. The van der Waals surface area contributed by atoms with E-state index in [0.29, 0.717) is 17.9 Å². The molecule has 8 nitrogen and oxygen atoms in total. The van der Waals surface area contributed by atoms with Crippen LogP contribution in [0.1, 0.15) is 43.9 Å². The van der Waals surface area contributed by atoms with Crippen molar-refractivity contribution in [1.82, 2.24) is 15.6 Å². The van der Waals surface area contributed by atoms with Crippen molar-refractivity contribution in [2.24, 2.45) is 0 Å². The molecule has 0 aromatic heterocycles. The first-order valence-corrected chi connectivity index (χ1v) is 13.2. The summed E-state index contributed by atoms with van der Waals surface area (Å²) < 4.78 is 10.9. The van der Waals surface area contributed by atoms with Crippen molar-refractivity contribution in [3.8, 4) is 0 Å². The second kappa shape index (κ2) is 14.5. The molecule has 0 spiro atoms. The summed E-state index contributed by atoms with van der Waals surface area (Å²) in [6, 6.07) is 26.1. The Bertz CT molecular complexity index is 1170. The van der Waals surface area contributed by atoms with Crippen LogP contribution in [0.3, 0.4) is 0 Å². The Morgan fingerprint density at radius 2 is 1.49 bits per heavy atom. The highest BCUT2D eigenvalue weighted by Crippen LogP contribution is 2.17. The topological polar surface area (TPSA) is 91.3 Å². The maximum atomic E-state index is 13.3. The molecule has 208 valence electrons. The molecule has 1 atom stereocenters. The molecule has 0 aliphatic heterocycles. The van der Waals surface area contributed by atoms with Gasteiger partial charge in [0.25, 0.3) is 0 Å². The number of nitrogens with one attached hydrogen (secondary N) is 1. The van der Waals surface area contributed by atoms with Gasteiger partial charge in [0.1, 0.15) is 12.2 Å². The van der Waals surface area contributed by atoms with Crippen LogP contribution in [0.2, 0.25) is 5.02 Å². The van der Waals surface area contributed by atoms with Crippen LogP contribution < -0.4 is 5.43 Å². The number of amides is 2. The molecule has 2 N–H and O–H groups in total. The van der Waals surface area contributed by atoms with Crippen LogP contribution in [-0.4, -0.2) is 45.7 Å². The lowest BCUT2D eigenvalue weighted by molar-refractivity contribution is -0.0957. The number of hydrazine groups is 2. The van der Waals surface area contributed by atoms with Crippen LogP contribution >= 0.6 is 11.6 Å². The maximum absolute atomic E-state index is 13.3. The number of rotatable bonds is 10. The van der Waals surface area contributed by atoms with Gasteiger partial charge < -0.3 is 14.6 Å². The lowest BCUT2D eigenvalue weighted by Gasteiger charge is -2.36. The van der Waals surface area contributed by atoms with Crippen LogP contribution in [0.15, 0.2) is 84.9 Å². The Morgan fingerprint density at radius 1 is 0.897 bits per heavy atom. The number of hydrogen-bond donors (Lipinski definition) is 2. The predicted molar refractivity (Wildman–Crippen MR) is 150 cm³/mol. The van der Waals surface area contributed by atoms with Crippen molar-refractivity contribution in [3.63, 3.8) is 0 Å². The van der Waals surface area contributed by atoms with Crippen LogP contribution in [0.5, 0.6) is 0 Å². The van der Waals surface area contributed by atoms with E-state index in [9.17, 15) is 14.7 Å². The summed E-state index contributed by atoms with van der Waals surface area (Å²) in [4.78, 5) is 26.1. The van der Waals surface area contributed by atoms with Crippen LogP contribution in [0, 0.1) is 0 Å². The molecule has 2 amide bonds. The number of aliphatic hydroxyl groups is 1. The van der Waals surface area contributed by atoms with Gasteiger partial charge in [-0.25, -0.2) is 15.0 Å². The number of aliphatic hydroxyl groups excluding tert-OH is 1. The van der Waals surface area contributed by atoms with Crippen molar-refractivity contribution in [1.29, 1.82) is 0 Å². The molecule has 39 heavy (non-hydrogen) atoms.